The molecule has 0 spiro atoms. The van der Waals surface area contributed by atoms with E-state index < -0.39 is 29.1 Å². The minimum atomic E-state index is -1.48. The summed E-state index contributed by atoms with van der Waals surface area (Å²) in [5.74, 6) is -3.90. The van der Waals surface area contributed by atoms with Crippen LogP contribution < -0.4 is 4.90 Å². The van der Waals surface area contributed by atoms with Crippen molar-refractivity contribution in [3.8, 4) is 0 Å². The van der Waals surface area contributed by atoms with E-state index in [1.807, 2.05) is 0 Å². The standard InChI is InChI=1S/C15H19F3N2O2/c1-15(2,3)22-14(21)20-8-6-19(7-9-20)11-5-4-10(16)12(17)13(11)18/h4-5H,6-9H2,1-3H3. The number of benzene rings is 1. The van der Waals surface area contributed by atoms with E-state index in [0.29, 0.717) is 26.2 Å². The fraction of sp³-hybridized carbons (Fsp3) is 0.533. The van der Waals surface area contributed by atoms with E-state index in [-0.39, 0.29) is 5.69 Å². The molecule has 1 fully saturated rings. The van der Waals surface area contributed by atoms with Crippen LogP contribution in [-0.4, -0.2) is 42.8 Å². The number of hydrogen-bond donors (Lipinski definition) is 0. The number of ether oxygens (including phenoxy) is 1. The molecule has 0 N–H and O–H groups in total. The van der Waals surface area contributed by atoms with Crippen molar-refractivity contribution in [2.24, 2.45) is 0 Å². The second kappa shape index (κ2) is 6.06. The van der Waals surface area contributed by atoms with Crippen LogP contribution in [0, 0.1) is 17.5 Å². The topological polar surface area (TPSA) is 32.8 Å². The van der Waals surface area contributed by atoms with Crippen LogP contribution >= 0.6 is 0 Å². The summed E-state index contributed by atoms with van der Waals surface area (Å²) in [6.07, 6.45) is -0.432. The van der Waals surface area contributed by atoms with Crippen molar-refractivity contribution in [1.29, 1.82) is 0 Å². The predicted octanol–water partition coefficient (Wildman–Crippen LogP) is 3.16. The lowest BCUT2D eigenvalue weighted by atomic mass is 10.2. The van der Waals surface area contributed by atoms with E-state index in [0.717, 1.165) is 6.07 Å². The minimum absolute atomic E-state index is 0.00254. The highest BCUT2D eigenvalue weighted by Gasteiger charge is 2.27. The third kappa shape index (κ3) is 3.64. The summed E-state index contributed by atoms with van der Waals surface area (Å²) in [4.78, 5) is 15.0. The van der Waals surface area contributed by atoms with Crippen molar-refractivity contribution in [3.05, 3.63) is 29.6 Å². The average Bonchev–Trinajstić information content (AvgIpc) is 2.43. The highest BCUT2D eigenvalue weighted by atomic mass is 19.2. The maximum absolute atomic E-state index is 13.8. The quantitative estimate of drug-likeness (QED) is 0.746. The minimum Gasteiger partial charge on any atom is -0.444 e. The molecule has 0 radical (unpaired) electrons. The van der Waals surface area contributed by atoms with Crippen molar-refractivity contribution in [2.45, 2.75) is 26.4 Å². The van der Waals surface area contributed by atoms with Crippen LogP contribution in [0.4, 0.5) is 23.7 Å². The van der Waals surface area contributed by atoms with Gasteiger partial charge in [0, 0.05) is 26.2 Å². The van der Waals surface area contributed by atoms with Crippen LogP contribution in [0.25, 0.3) is 0 Å². The van der Waals surface area contributed by atoms with Gasteiger partial charge in [-0.3, -0.25) is 0 Å². The number of halogens is 3. The van der Waals surface area contributed by atoms with Crippen LogP contribution in [0.3, 0.4) is 0 Å². The van der Waals surface area contributed by atoms with Gasteiger partial charge in [0.2, 0.25) is 0 Å². The second-order valence-corrected chi connectivity index (χ2v) is 6.15. The van der Waals surface area contributed by atoms with Gasteiger partial charge in [-0.25, -0.2) is 18.0 Å². The summed E-state index contributed by atoms with van der Waals surface area (Å²) in [7, 11) is 0. The van der Waals surface area contributed by atoms with Crippen molar-refractivity contribution >= 4 is 11.8 Å². The van der Waals surface area contributed by atoms with Crippen LogP contribution in [-0.2, 0) is 4.74 Å². The summed E-state index contributed by atoms with van der Waals surface area (Å²) in [5, 5.41) is 0. The molecule has 1 aromatic rings. The highest BCUT2D eigenvalue weighted by Crippen LogP contribution is 2.25. The Balaban J connectivity index is 2.01. The zero-order valence-corrected chi connectivity index (χ0v) is 12.8. The number of rotatable bonds is 1. The van der Waals surface area contributed by atoms with E-state index in [4.69, 9.17) is 4.74 Å². The third-order valence-corrected chi connectivity index (χ3v) is 3.29. The number of anilines is 1. The highest BCUT2D eigenvalue weighted by molar-refractivity contribution is 5.68. The molecule has 1 aliphatic rings. The molecule has 0 saturated carbocycles. The number of amides is 1. The first-order valence-electron chi connectivity index (χ1n) is 7.05. The lowest BCUT2D eigenvalue weighted by Gasteiger charge is -2.36. The molecular weight excluding hydrogens is 297 g/mol. The van der Waals surface area contributed by atoms with E-state index in [2.05, 4.69) is 0 Å². The van der Waals surface area contributed by atoms with Gasteiger partial charge in [0.1, 0.15) is 5.60 Å². The Labute approximate surface area is 127 Å². The molecule has 0 aromatic heterocycles. The maximum Gasteiger partial charge on any atom is 0.410 e. The van der Waals surface area contributed by atoms with Crippen molar-refractivity contribution in [2.75, 3.05) is 31.1 Å². The fourth-order valence-electron chi connectivity index (χ4n) is 2.22. The van der Waals surface area contributed by atoms with E-state index in [1.54, 1.807) is 25.7 Å². The van der Waals surface area contributed by atoms with Crippen molar-refractivity contribution in [1.82, 2.24) is 4.90 Å². The first-order valence-corrected chi connectivity index (χ1v) is 7.05. The van der Waals surface area contributed by atoms with Gasteiger partial charge in [0.15, 0.2) is 17.5 Å². The summed E-state index contributed by atoms with van der Waals surface area (Å²) >= 11 is 0. The number of nitrogens with zero attached hydrogens (tertiary/aromatic N) is 2. The molecule has 0 unspecified atom stereocenters. The summed E-state index contributed by atoms with van der Waals surface area (Å²) in [6.45, 7) is 6.62. The Hall–Kier alpha value is -1.92. The van der Waals surface area contributed by atoms with E-state index >= 15 is 0 Å². The zero-order chi connectivity index (χ0) is 16.5. The average molecular weight is 316 g/mol. The van der Waals surface area contributed by atoms with Gasteiger partial charge in [-0.05, 0) is 32.9 Å². The van der Waals surface area contributed by atoms with Crippen LogP contribution in [0.1, 0.15) is 20.8 Å². The molecule has 22 heavy (non-hydrogen) atoms. The smallest absolute Gasteiger partial charge is 0.410 e. The van der Waals surface area contributed by atoms with Crippen molar-refractivity contribution in [3.63, 3.8) is 0 Å². The molecule has 0 atom stereocenters. The van der Waals surface area contributed by atoms with Gasteiger partial charge in [-0.15, -0.1) is 0 Å². The third-order valence-electron chi connectivity index (χ3n) is 3.29. The first kappa shape index (κ1) is 16.5. The van der Waals surface area contributed by atoms with Crippen LogP contribution in [0.5, 0.6) is 0 Å². The summed E-state index contributed by atoms with van der Waals surface area (Å²) in [5.41, 5.74) is -0.580. The zero-order valence-electron chi connectivity index (χ0n) is 12.8. The normalized spacial score (nSPS) is 15.9. The second-order valence-electron chi connectivity index (χ2n) is 6.15. The lowest BCUT2D eigenvalue weighted by Crippen LogP contribution is -2.50. The molecule has 1 amide bonds. The van der Waals surface area contributed by atoms with Gasteiger partial charge < -0.3 is 14.5 Å². The van der Waals surface area contributed by atoms with Gasteiger partial charge >= 0.3 is 6.09 Å². The summed E-state index contributed by atoms with van der Waals surface area (Å²) in [6, 6.07) is 2.10. The number of hydrogen-bond acceptors (Lipinski definition) is 3. The molecule has 4 nitrogen and oxygen atoms in total. The Morgan fingerprint density at radius 3 is 2.18 bits per heavy atom. The Kier molecular flexibility index (Phi) is 4.53. The number of carbonyl (C=O) groups excluding carboxylic acids is 1. The van der Waals surface area contributed by atoms with Gasteiger partial charge in [0.05, 0.1) is 5.69 Å². The fourth-order valence-corrected chi connectivity index (χ4v) is 2.22. The Morgan fingerprint density at radius 2 is 1.64 bits per heavy atom. The molecule has 1 aromatic carbocycles. The maximum atomic E-state index is 13.8. The molecule has 1 heterocycles. The number of carbonyl (C=O) groups is 1. The van der Waals surface area contributed by atoms with Crippen LogP contribution in [0.15, 0.2) is 12.1 Å². The monoisotopic (exact) mass is 316 g/mol. The molecule has 2 rings (SSSR count). The van der Waals surface area contributed by atoms with E-state index in [1.165, 1.54) is 11.0 Å². The molecule has 0 bridgehead atoms. The summed E-state index contributed by atoms with van der Waals surface area (Å²) < 4.78 is 45.2. The van der Waals surface area contributed by atoms with Crippen LogP contribution in [0.2, 0.25) is 0 Å². The first-order chi connectivity index (χ1) is 10.2. The van der Waals surface area contributed by atoms with Gasteiger partial charge in [0.25, 0.3) is 0 Å². The van der Waals surface area contributed by atoms with Gasteiger partial charge in [-0.2, -0.15) is 0 Å². The van der Waals surface area contributed by atoms with E-state index in [9.17, 15) is 18.0 Å². The Bertz CT molecular complexity index is 565. The Morgan fingerprint density at radius 1 is 1.05 bits per heavy atom. The molecule has 0 aliphatic carbocycles. The SMILES string of the molecule is CC(C)(C)OC(=O)N1CCN(c2ccc(F)c(F)c2F)CC1. The van der Waals surface area contributed by atoms with Crippen molar-refractivity contribution < 1.29 is 22.7 Å². The molecule has 1 saturated heterocycles. The largest absolute Gasteiger partial charge is 0.444 e. The van der Waals surface area contributed by atoms with Gasteiger partial charge in [-0.1, -0.05) is 0 Å². The molecule has 7 heteroatoms. The molecule has 1 aliphatic heterocycles. The predicted molar refractivity (Wildman–Crippen MR) is 76.3 cm³/mol. The number of piperazine rings is 1. The molecule has 122 valence electrons. The lowest BCUT2D eigenvalue weighted by molar-refractivity contribution is 0.0240. The molecular formula is C15H19F3N2O2.